The van der Waals surface area contributed by atoms with Crippen molar-refractivity contribution in [3.8, 4) is 0 Å². The summed E-state index contributed by atoms with van der Waals surface area (Å²) in [5, 5.41) is 0.465. The summed E-state index contributed by atoms with van der Waals surface area (Å²) >= 11 is 6.06. The molecule has 1 unspecified atom stereocenters. The topological polar surface area (TPSA) is 58.6 Å². The quantitative estimate of drug-likeness (QED) is 0.743. The number of hydrogen-bond acceptors (Lipinski definition) is 5. The van der Waals surface area contributed by atoms with Gasteiger partial charge in [0, 0.05) is 37.4 Å². The minimum atomic E-state index is -0.485. The van der Waals surface area contributed by atoms with Gasteiger partial charge in [-0.1, -0.05) is 11.6 Å². The lowest BCUT2D eigenvalue weighted by atomic mass is 10.2. The Bertz CT molecular complexity index is 559. The molecule has 1 amide bonds. The maximum atomic E-state index is 12.2. The molecule has 0 saturated carbocycles. The van der Waals surface area contributed by atoms with Crippen LogP contribution < -0.4 is 4.90 Å². The first-order chi connectivity index (χ1) is 10.2. The summed E-state index contributed by atoms with van der Waals surface area (Å²) in [5.41, 5.74) is 0.368. The number of piperazine rings is 1. The van der Waals surface area contributed by atoms with Crippen LogP contribution in [0.1, 0.15) is 33.3 Å². The third-order valence-electron chi connectivity index (χ3n) is 3.44. The Morgan fingerprint density at radius 1 is 1.41 bits per heavy atom. The standard InChI is InChI=1S/C15H23ClN4O2/c1-10-8-17-13(18-12(10)16)19-6-7-20(11(2)9-19)14(21)22-15(3,4)5/h8,11H,6-7,9H2,1-5H3. The molecule has 0 radical (unpaired) electrons. The van der Waals surface area contributed by atoms with E-state index in [1.165, 1.54) is 0 Å². The van der Waals surface area contributed by atoms with Crippen molar-refractivity contribution < 1.29 is 9.53 Å². The van der Waals surface area contributed by atoms with E-state index in [1.807, 2.05) is 39.5 Å². The number of carbonyl (C=O) groups excluding carboxylic acids is 1. The molecule has 1 aliphatic rings. The minimum absolute atomic E-state index is 0.0206. The molecule has 1 aliphatic heterocycles. The van der Waals surface area contributed by atoms with Crippen LogP contribution in [0.15, 0.2) is 6.20 Å². The largest absolute Gasteiger partial charge is 0.444 e. The molecule has 0 N–H and O–H groups in total. The molecule has 0 aliphatic carbocycles. The first-order valence-electron chi connectivity index (χ1n) is 7.41. The number of rotatable bonds is 1. The molecule has 6 nitrogen and oxygen atoms in total. The van der Waals surface area contributed by atoms with E-state index in [2.05, 4.69) is 9.97 Å². The molecule has 1 aromatic rings. The Labute approximate surface area is 136 Å². The van der Waals surface area contributed by atoms with E-state index >= 15 is 0 Å². The first-order valence-corrected chi connectivity index (χ1v) is 7.79. The Morgan fingerprint density at radius 3 is 2.64 bits per heavy atom. The van der Waals surface area contributed by atoms with Crippen molar-refractivity contribution in [1.29, 1.82) is 0 Å². The fourth-order valence-electron chi connectivity index (χ4n) is 2.30. The van der Waals surface area contributed by atoms with Crippen LogP contribution in [0.2, 0.25) is 5.15 Å². The van der Waals surface area contributed by atoms with Crippen molar-refractivity contribution >= 4 is 23.6 Å². The number of halogens is 1. The van der Waals surface area contributed by atoms with Gasteiger partial charge in [0.2, 0.25) is 5.95 Å². The van der Waals surface area contributed by atoms with Crippen molar-refractivity contribution in [2.75, 3.05) is 24.5 Å². The number of anilines is 1. The highest BCUT2D eigenvalue weighted by Crippen LogP contribution is 2.20. The molecule has 2 rings (SSSR count). The lowest BCUT2D eigenvalue weighted by Gasteiger charge is -2.40. The van der Waals surface area contributed by atoms with Crippen molar-refractivity contribution in [1.82, 2.24) is 14.9 Å². The SMILES string of the molecule is Cc1cnc(N2CCN(C(=O)OC(C)(C)C)C(C)C2)nc1Cl. The van der Waals surface area contributed by atoms with E-state index in [4.69, 9.17) is 16.3 Å². The third-order valence-corrected chi connectivity index (χ3v) is 3.82. The summed E-state index contributed by atoms with van der Waals surface area (Å²) in [6.45, 7) is 11.4. The average Bonchev–Trinajstić information content (AvgIpc) is 2.39. The third kappa shape index (κ3) is 4.00. The van der Waals surface area contributed by atoms with Crippen molar-refractivity contribution in [2.45, 2.75) is 46.3 Å². The number of hydrogen-bond donors (Lipinski definition) is 0. The Balaban J connectivity index is 2.03. The Kier molecular flexibility index (Phi) is 4.80. The smallest absolute Gasteiger partial charge is 0.410 e. The highest BCUT2D eigenvalue weighted by molar-refractivity contribution is 6.30. The number of aryl methyl sites for hydroxylation is 1. The van der Waals surface area contributed by atoms with E-state index in [-0.39, 0.29) is 12.1 Å². The number of nitrogens with zero attached hydrogens (tertiary/aromatic N) is 4. The predicted octanol–water partition coefficient (Wildman–Crippen LogP) is 2.88. The maximum absolute atomic E-state index is 12.2. The molecule has 0 bridgehead atoms. The lowest BCUT2D eigenvalue weighted by Crippen LogP contribution is -2.55. The zero-order chi connectivity index (χ0) is 16.5. The molecule has 22 heavy (non-hydrogen) atoms. The molecule has 1 atom stereocenters. The number of aromatic nitrogens is 2. The zero-order valence-corrected chi connectivity index (χ0v) is 14.5. The van der Waals surface area contributed by atoms with Gasteiger partial charge >= 0.3 is 6.09 Å². The summed E-state index contributed by atoms with van der Waals surface area (Å²) in [6.07, 6.45) is 1.44. The second kappa shape index (κ2) is 6.28. The van der Waals surface area contributed by atoms with E-state index in [0.717, 1.165) is 5.56 Å². The van der Waals surface area contributed by atoms with Crippen molar-refractivity contribution in [3.63, 3.8) is 0 Å². The summed E-state index contributed by atoms with van der Waals surface area (Å²) in [7, 11) is 0. The summed E-state index contributed by atoms with van der Waals surface area (Å²) in [5.74, 6) is 0.603. The van der Waals surface area contributed by atoms with Gasteiger partial charge in [-0.05, 0) is 34.6 Å². The van der Waals surface area contributed by atoms with E-state index in [1.54, 1.807) is 11.1 Å². The fourth-order valence-corrected chi connectivity index (χ4v) is 2.42. The van der Waals surface area contributed by atoms with Gasteiger partial charge in [0.15, 0.2) is 0 Å². The van der Waals surface area contributed by atoms with Crippen LogP contribution in [-0.4, -0.2) is 52.2 Å². The van der Waals surface area contributed by atoms with Gasteiger partial charge in [0.25, 0.3) is 0 Å². The van der Waals surface area contributed by atoms with Crippen LogP contribution >= 0.6 is 11.6 Å². The van der Waals surface area contributed by atoms with Crippen LogP contribution in [0, 0.1) is 6.92 Å². The second-order valence-corrected chi connectivity index (χ2v) is 6.97. The molecule has 1 aromatic heterocycles. The van der Waals surface area contributed by atoms with Crippen LogP contribution in [0.5, 0.6) is 0 Å². The molecule has 2 heterocycles. The molecule has 0 aromatic carbocycles. The number of carbonyl (C=O) groups is 1. The second-order valence-electron chi connectivity index (χ2n) is 6.61. The van der Waals surface area contributed by atoms with E-state index in [0.29, 0.717) is 30.7 Å². The molecule has 122 valence electrons. The monoisotopic (exact) mass is 326 g/mol. The summed E-state index contributed by atoms with van der Waals surface area (Å²) in [4.78, 5) is 24.6. The van der Waals surface area contributed by atoms with Gasteiger partial charge in [-0.25, -0.2) is 14.8 Å². The first kappa shape index (κ1) is 16.8. The highest BCUT2D eigenvalue weighted by atomic mass is 35.5. The molecule has 1 saturated heterocycles. The van der Waals surface area contributed by atoms with Crippen LogP contribution in [-0.2, 0) is 4.74 Å². The average molecular weight is 327 g/mol. The molecule has 1 fully saturated rings. The fraction of sp³-hybridized carbons (Fsp3) is 0.667. The summed E-state index contributed by atoms with van der Waals surface area (Å²) < 4.78 is 5.44. The van der Waals surface area contributed by atoms with Crippen LogP contribution in [0.4, 0.5) is 10.7 Å². The van der Waals surface area contributed by atoms with Crippen LogP contribution in [0.25, 0.3) is 0 Å². The van der Waals surface area contributed by atoms with E-state index in [9.17, 15) is 4.79 Å². The Morgan fingerprint density at radius 2 is 2.09 bits per heavy atom. The highest BCUT2D eigenvalue weighted by Gasteiger charge is 2.31. The summed E-state index contributed by atoms with van der Waals surface area (Å²) in [6, 6.07) is 0.0206. The molecule has 7 heteroatoms. The Hall–Kier alpha value is -1.56. The van der Waals surface area contributed by atoms with Crippen molar-refractivity contribution in [2.24, 2.45) is 0 Å². The zero-order valence-electron chi connectivity index (χ0n) is 13.8. The minimum Gasteiger partial charge on any atom is -0.444 e. The van der Waals surface area contributed by atoms with Gasteiger partial charge in [0.05, 0.1) is 0 Å². The maximum Gasteiger partial charge on any atom is 0.410 e. The number of ether oxygens (including phenoxy) is 1. The van der Waals surface area contributed by atoms with Crippen molar-refractivity contribution in [3.05, 3.63) is 16.9 Å². The van der Waals surface area contributed by atoms with Crippen LogP contribution in [0.3, 0.4) is 0 Å². The van der Waals surface area contributed by atoms with Gasteiger partial charge in [-0.15, -0.1) is 0 Å². The molecule has 0 spiro atoms. The molecular formula is C15H23ClN4O2. The normalized spacial score (nSPS) is 19.3. The van der Waals surface area contributed by atoms with E-state index < -0.39 is 5.60 Å². The molecular weight excluding hydrogens is 304 g/mol. The lowest BCUT2D eigenvalue weighted by molar-refractivity contribution is 0.0158. The predicted molar refractivity (Wildman–Crippen MR) is 86.4 cm³/mol. The van der Waals surface area contributed by atoms with Gasteiger partial charge in [-0.2, -0.15) is 0 Å². The number of amides is 1. The van der Waals surface area contributed by atoms with Gasteiger partial charge in [-0.3, -0.25) is 0 Å². The van der Waals surface area contributed by atoms with Gasteiger partial charge in [0.1, 0.15) is 10.8 Å². The van der Waals surface area contributed by atoms with Gasteiger partial charge < -0.3 is 14.5 Å².